The first kappa shape index (κ1) is 18.9. The number of hydrogen-bond acceptors (Lipinski definition) is 3. The van der Waals surface area contributed by atoms with Gasteiger partial charge in [0.15, 0.2) is 6.61 Å². The molecule has 1 aliphatic rings. The summed E-state index contributed by atoms with van der Waals surface area (Å²) in [7, 11) is 0. The molecule has 0 bridgehead atoms. The predicted octanol–water partition coefficient (Wildman–Crippen LogP) is 5.05. The Kier molecular flexibility index (Phi) is 5.28. The Bertz CT molecular complexity index is 1160. The van der Waals surface area contributed by atoms with Crippen LogP contribution in [-0.2, 0) is 17.6 Å². The number of aromatic nitrogens is 1. The highest BCUT2D eigenvalue weighted by Crippen LogP contribution is 2.33. The van der Waals surface area contributed by atoms with Gasteiger partial charge in [-0.05, 0) is 65.6 Å². The summed E-state index contributed by atoms with van der Waals surface area (Å²) in [5.41, 5.74) is 5.07. The quantitative estimate of drug-likeness (QED) is 0.443. The van der Waals surface area contributed by atoms with Crippen molar-refractivity contribution in [1.82, 2.24) is 10.3 Å². The van der Waals surface area contributed by atoms with Crippen molar-refractivity contribution in [2.45, 2.75) is 25.2 Å². The van der Waals surface area contributed by atoms with Crippen LogP contribution in [-0.4, -0.2) is 24.0 Å². The zero-order valence-electron chi connectivity index (χ0n) is 16.7. The van der Waals surface area contributed by atoms with Crippen LogP contribution in [0.15, 0.2) is 66.2 Å². The number of aryl methyl sites for hydroxylation is 2. The number of rotatable bonds is 7. The van der Waals surface area contributed by atoms with Crippen molar-refractivity contribution in [3.63, 3.8) is 0 Å². The molecule has 5 heteroatoms. The van der Waals surface area contributed by atoms with Crippen LogP contribution in [0.5, 0.6) is 5.75 Å². The Balaban J connectivity index is 1.26. The van der Waals surface area contributed by atoms with Crippen molar-refractivity contribution in [2.24, 2.45) is 0 Å². The average molecular weight is 417 g/mol. The van der Waals surface area contributed by atoms with Gasteiger partial charge in [-0.2, -0.15) is 0 Å². The number of carbonyl (C=O) groups excluding carboxylic acids is 1. The lowest BCUT2D eigenvalue weighted by Gasteiger charge is -2.16. The zero-order valence-corrected chi connectivity index (χ0v) is 17.5. The third-order valence-corrected chi connectivity index (χ3v) is 6.81. The predicted molar refractivity (Wildman–Crippen MR) is 121 cm³/mol. The molecule has 0 saturated heterocycles. The van der Waals surface area contributed by atoms with Gasteiger partial charge in [0, 0.05) is 34.4 Å². The number of thiophene rings is 1. The molecule has 4 nitrogen and oxygen atoms in total. The lowest BCUT2D eigenvalue weighted by atomic mass is 9.96. The molecule has 1 amide bonds. The number of aromatic amines is 1. The Morgan fingerprint density at radius 2 is 2.00 bits per heavy atom. The average Bonchev–Trinajstić information content (AvgIpc) is 3.53. The second kappa shape index (κ2) is 8.36. The molecule has 0 spiro atoms. The van der Waals surface area contributed by atoms with Crippen LogP contribution in [0.25, 0.3) is 10.9 Å². The van der Waals surface area contributed by atoms with Gasteiger partial charge in [0.1, 0.15) is 5.75 Å². The van der Waals surface area contributed by atoms with E-state index in [0.717, 1.165) is 24.1 Å². The van der Waals surface area contributed by atoms with Gasteiger partial charge in [-0.1, -0.05) is 30.3 Å². The summed E-state index contributed by atoms with van der Waals surface area (Å²) in [4.78, 5) is 17.1. The number of amides is 1. The molecule has 152 valence electrons. The zero-order chi connectivity index (χ0) is 20.3. The van der Waals surface area contributed by atoms with Gasteiger partial charge in [0.05, 0.1) is 0 Å². The highest BCUT2D eigenvalue weighted by Gasteiger charge is 2.20. The molecule has 2 heterocycles. The summed E-state index contributed by atoms with van der Waals surface area (Å²) in [5, 5.41) is 6.35. The first-order valence-electron chi connectivity index (χ1n) is 10.4. The maximum atomic E-state index is 12.5. The third kappa shape index (κ3) is 3.85. The highest BCUT2D eigenvalue weighted by molar-refractivity contribution is 7.10. The summed E-state index contributed by atoms with van der Waals surface area (Å²) in [6.07, 6.45) is 5.51. The van der Waals surface area contributed by atoms with Gasteiger partial charge >= 0.3 is 0 Å². The number of hydrogen-bond donors (Lipinski definition) is 2. The van der Waals surface area contributed by atoms with Gasteiger partial charge in [0.25, 0.3) is 5.91 Å². The number of H-pyrrole nitrogens is 1. The Labute approximate surface area is 179 Å². The molecule has 2 N–H and O–H groups in total. The minimum absolute atomic E-state index is 0.0316. The number of benzene rings is 2. The first-order chi connectivity index (χ1) is 14.8. The molecule has 1 atom stereocenters. The summed E-state index contributed by atoms with van der Waals surface area (Å²) >= 11 is 1.71. The minimum atomic E-state index is -0.100. The van der Waals surface area contributed by atoms with Crippen LogP contribution in [0.1, 0.15) is 33.9 Å². The maximum Gasteiger partial charge on any atom is 0.257 e. The summed E-state index contributed by atoms with van der Waals surface area (Å²) in [6, 6.07) is 18.6. The van der Waals surface area contributed by atoms with E-state index in [2.05, 4.69) is 58.3 Å². The number of fused-ring (bicyclic) bond motifs is 2. The number of para-hydroxylation sites is 1. The van der Waals surface area contributed by atoms with Crippen molar-refractivity contribution >= 4 is 28.1 Å². The van der Waals surface area contributed by atoms with Gasteiger partial charge in [-0.3, -0.25) is 4.79 Å². The normalized spacial score (nSPS) is 13.9. The molecule has 2 aromatic carbocycles. The van der Waals surface area contributed by atoms with Crippen LogP contribution in [0, 0.1) is 0 Å². The Morgan fingerprint density at radius 1 is 1.10 bits per heavy atom. The molecule has 0 saturated carbocycles. The molecule has 5 rings (SSSR count). The second-order valence-electron chi connectivity index (χ2n) is 7.73. The fourth-order valence-corrected chi connectivity index (χ4v) is 5.14. The van der Waals surface area contributed by atoms with E-state index in [9.17, 15) is 4.79 Å². The second-order valence-corrected chi connectivity index (χ2v) is 8.71. The topological polar surface area (TPSA) is 54.1 Å². The summed E-state index contributed by atoms with van der Waals surface area (Å²) in [5.74, 6) is 0.777. The van der Waals surface area contributed by atoms with E-state index in [-0.39, 0.29) is 18.4 Å². The molecule has 2 aromatic heterocycles. The minimum Gasteiger partial charge on any atom is -0.484 e. The van der Waals surface area contributed by atoms with Crippen molar-refractivity contribution in [2.75, 3.05) is 13.2 Å². The van der Waals surface area contributed by atoms with Gasteiger partial charge < -0.3 is 15.0 Å². The van der Waals surface area contributed by atoms with Crippen LogP contribution in [0.2, 0.25) is 0 Å². The summed E-state index contributed by atoms with van der Waals surface area (Å²) < 4.78 is 5.76. The molecule has 0 fully saturated rings. The van der Waals surface area contributed by atoms with Crippen molar-refractivity contribution in [3.05, 3.63) is 87.7 Å². The fraction of sp³-hybridized carbons (Fsp3) is 0.240. The lowest BCUT2D eigenvalue weighted by Crippen LogP contribution is -2.32. The molecule has 30 heavy (non-hydrogen) atoms. The number of nitrogens with one attached hydrogen (secondary N) is 2. The number of carbonyl (C=O) groups is 1. The monoisotopic (exact) mass is 416 g/mol. The Hall–Kier alpha value is -3.05. The highest BCUT2D eigenvalue weighted by atomic mass is 32.1. The molecule has 0 unspecified atom stereocenters. The first-order valence-corrected chi connectivity index (χ1v) is 11.3. The molecule has 0 radical (unpaired) electrons. The van der Waals surface area contributed by atoms with Gasteiger partial charge in [0.2, 0.25) is 0 Å². The van der Waals surface area contributed by atoms with Crippen molar-refractivity contribution in [3.8, 4) is 5.75 Å². The Morgan fingerprint density at radius 3 is 2.90 bits per heavy atom. The van der Waals surface area contributed by atoms with Crippen molar-refractivity contribution < 1.29 is 9.53 Å². The van der Waals surface area contributed by atoms with Crippen LogP contribution in [0.4, 0.5) is 0 Å². The van der Waals surface area contributed by atoms with Crippen LogP contribution in [0.3, 0.4) is 0 Å². The largest absolute Gasteiger partial charge is 0.484 e. The number of ether oxygens (including phenoxy) is 1. The summed E-state index contributed by atoms with van der Waals surface area (Å²) in [6.45, 7) is 0.568. The molecule has 1 aliphatic carbocycles. The molecule has 4 aromatic rings. The van der Waals surface area contributed by atoms with Gasteiger partial charge in [-0.15, -0.1) is 11.3 Å². The molecular formula is C25H24N2O2S. The van der Waals surface area contributed by atoms with Crippen LogP contribution >= 0.6 is 11.3 Å². The van der Waals surface area contributed by atoms with Crippen molar-refractivity contribution in [1.29, 1.82) is 0 Å². The van der Waals surface area contributed by atoms with Crippen LogP contribution < -0.4 is 10.1 Å². The molecular weight excluding hydrogens is 392 g/mol. The maximum absolute atomic E-state index is 12.5. The third-order valence-electron chi connectivity index (χ3n) is 5.83. The SMILES string of the molecule is O=C(COc1ccc2c(c1)CCC2)NC[C@H](c1cccs1)c1c[nH]c2ccccc12. The molecule has 0 aliphatic heterocycles. The standard InChI is InChI=1S/C25H24N2O2S/c28-25(16-29-19-11-10-17-5-3-6-18(17)13-19)27-15-22(24-9-4-12-30-24)21-14-26-23-8-2-1-7-20(21)23/h1-2,4,7-14,22,26H,3,5-6,15-16H2,(H,27,28)/t22-/m0/s1. The van der Waals surface area contributed by atoms with E-state index in [4.69, 9.17) is 4.74 Å². The van der Waals surface area contributed by atoms with E-state index >= 15 is 0 Å². The van der Waals surface area contributed by atoms with E-state index in [1.807, 2.05) is 18.2 Å². The van der Waals surface area contributed by atoms with E-state index in [1.54, 1.807) is 11.3 Å². The lowest BCUT2D eigenvalue weighted by molar-refractivity contribution is -0.123. The fourth-order valence-electron chi connectivity index (χ4n) is 4.29. The van der Waals surface area contributed by atoms with E-state index in [0.29, 0.717) is 6.54 Å². The van der Waals surface area contributed by atoms with E-state index < -0.39 is 0 Å². The van der Waals surface area contributed by atoms with Gasteiger partial charge in [-0.25, -0.2) is 0 Å². The van der Waals surface area contributed by atoms with E-state index in [1.165, 1.54) is 33.4 Å². The smallest absolute Gasteiger partial charge is 0.257 e.